The minimum absolute atomic E-state index is 0.387. The molecule has 18 heavy (non-hydrogen) atoms. The fraction of sp³-hybridized carbons (Fsp3) is 0.733. The van der Waals surface area contributed by atoms with Crippen LogP contribution in [0.1, 0.15) is 70.8 Å². The predicted molar refractivity (Wildman–Crippen MR) is 76.0 cm³/mol. The Morgan fingerprint density at radius 1 is 1.39 bits per heavy atom. The maximum Gasteiger partial charge on any atom is 0.134 e. The molecule has 3 heteroatoms. The Bertz CT molecular complexity index is 424. The zero-order valence-electron chi connectivity index (χ0n) is 12.2. The summed E-state index contributed by atoms with van der Waals surface area (Å²) >= 11 is 0. The third-order valence-corrected chi connectivity index (χ3v) is 3.74. The number of anilines is 1. The van der Waals surface area contributed by atoms with Crippen molar-refractivity contribution in [3.8, 4) is 0 Å². The molecule has 1 heterocycles. The van der Waals surface area contributed by atoms with Crippen LogP contribution in [0, 0.1) is 5.41 Å². The molecule has 0 spiro atoms. The minimum atomic E-state index is 0.387. The summed E-state index contributed by atoms with van der Waals surface area (Å²) in [6, 6.07) is 2.10. The van der Waals surface area contributed by atoms with Gasteiger partial charge in [-0.3, -0.25) is 0 Å². The van der Waals surface area contributed by atoms with Gasteiger partial charge in [-0.2, -0.15) is 0 Å². The fourth-order valence-electron chi connectivity index (χ4n) is 2.19. The third kappa shape index (κ3) is 2.82. The first-order chi connectivity index (χ1) is 8.44. The van der Waals surface area contributed by atoms with E-state index in [1.807, 2.05) is 0 Å². The maximum absolute atomic E-state index is 4.75. The maximum atomic E-state index is 4.75. The Labute approximate surface area is 110 Å². The number of rotatable bonds is 5. The second kappa shape index (κ2) is 4.87. The number of nitrogens with one attached hydrogen (secondary N) is 1. The van der Waals surface area contributed by atoms with Crippen LogP contribution < -0.4 is 5.32 Å². The van der Waals surface area contributed by atoms with E-state index in [2.05, 4.69) is 51.0 Å². The second-order valence-electron chi connectivity index (χ2n) is 6.36. The van der Waals surface area contributed by atoms with Gasteiger partial charge >= 0.3 is 0 Å². The van der Waals surface area contributed by atoms with Crippen molar-refractivity contribution in [3.63, 3.8) is 0 Å². The highest BCUT2D eigenvalue weighted by atomic mass is 15.0. The van der Waals surface area contributed by atoms with Crippen LogP contribution in [0.4, 0.5) is 5.82 Å². The predicted octanol–water partition coefficient (Wildman–Crippen LogP) is 3.94. The van der Waals surface area contributed by atoms with E-state index in [1.165, 1.54) is 6.42 Å². The molecule has 0 aliphatic heterocycles. The molecule has 2 rings (SSSR count). The third-order valence-electron chi connectivity index (χ3n) is 3.74. The average molecular weight is 247 g/mol. The van der Waals surface area contributed by atoms with E-state index in [9.17, 15) is 0 Å². The van der Waals surface area contributed by atoms with Gasteiger partial charge in [-0.1, -0.05) is 34.6 Å². The van der Waals surface area contributed by atoms with Crippen molar-refractivity contribution in [1.29, 1.82) is 0 Å². The molecule has 0 bridgehead atoms. The molecule has 0 radical (unpaired) electrons. The van der Waals surface area contributed by atoms with Gasteiger partial charge in [-0.15, -0.1) is 0 Å². The van der Waals surface area contributed by atoms with E-state index in [0.29, 0.717) is 17.3 Å². The normalized spacial score (nSPS) is 21.1. The molecule has 1 aromatic heterocycles. The van der Waals surface area contributed by atoms with Crippen LogP contribution in [-0.4, -0.2) is 16.5 Å². The molecule has 0 saturated heterocycles. The Hall–Kier alpha value is -1.12. The van der Waals surface area contributed by atoms with E-state index in [1.54, 1.807) is 0 Å². The largest absolute Gasteiger partial charge is 0.370 e. The molecule has 1 aromatic rings. The van der Waals surface area contributed by atoms with E-state index in [0.717, 1.165) is 30.3 Å². The van der Waals surface area contributed by atoms with Gasteiger partial charge in [0.15, 0.2) is 0 Å². The number of aromatic nitrogens is 2. The minimum Gasteiger partial charge on any atom is -0.370 e. The smallest absolute Gasteiger partial charge is 0.134 e. The van der Waals surface area contributed by atoms with Crippen molar-refractivity contribution in [2.24, 2.45) is 5.41 Å². The van der Waals surface area contributed by atoms with Crippen LogP contribution in [0.25, 0.3) is 0 Å². The molecule has 1 unspecified atom stereocenters. The van der Waals surface area contributed by atoms with Crippen LogP contribution in [0.15, 0.2) is 6.07 Å². The average Bonchev–Trinajstić information content (AvgIpc) is 2.95. The summed E-state index contributed by atoms with van der Waals surface area (Å²) in [4.78, 5) is 9.44. The summed E-state index contributed by atoms with van der Waals surface area (Å²) in [5, 5.41) is 3.39. The Balaban J connectivity index is 2.26. The van der Waals surface area contributed by atoms with Crippen LogP contribution >= 0.6 is 0 Å². The van der Waals surface area contributed by atoms with Crippen LogP contribution in [-0.2, 0) is 0 Å². The summed E-state index contributed by atoms with van der Waals surface area (Å²) in [7, 11) is 0. The van der Waals surface area contributed by atoms with Crippen molar-refractivity contribution in [2.45, 2.75) is 59.3 Å². The van der Waals surface area contributed by atoms with Crippen molar-refractivity contribution in [1.82, 2.24) is 9.97 Å². The van der Waals surface area contributed by atoms with Crippen molar-refractivity contribution in [3.05, 3.63) is 17.6 Å². The molecular weight excluding hydrogens is 222 g/mol. The quantitative estimate of drug-likeness (QED) is 0.856. The van der Waals surface area contributed by atoms with Crippen LogP contribution in [0.3, 0.4) is 0 Å². The van der Waals surface area contributed by atoms with E-state index in [4.69, 9.17) is 4.98 Å². The molecule has 100 valence electrons. The van der Waals surface area contributed by atoms with E-state index in [-0.39, 0.29) is 0 Å². The fourth-order valence-corrected chi connectivity index (χ4v) is 2.19. The highest BCUT2D eigenvalue weighted by Gasteiger charge is 2.48. The summed E-state index contributed by atoms with van der Waals surface area (Å²) in [5.74, 6) is 3.02. The summed E-state index contributed by atoms with van der Waals surface area (Å²) < 4.78 is 0. The van der Waals surface area contributed by atoms with Gasteiger partial charge in [0.25, 0.3) is 0 Å². The molecular formula is C15H25N3. The summed E-state index contributed by atoms with van der Waals surface area (Å²) in [6.45, 7) is 12.1. The second-order valence-corrected chi connectivity index (χ2v) is 6.36. The molecule has 1 fully saturated rings. The van der Waals surface area contributed by atoms with Crippen LogP contribution in [0.5, 0.6) is 0 Å². The summed E-state index contributed by atoms with van der Waals surface area (Å²) in [5.41, 5.74) is 1.54. The first-order valence-electron chi connectivity index (χ1n) is 7.06. The highest BCUT2D eigenvalue weighted by Crippen LogP contribution is 2.57. The van der Waals surface area contributed by atoms with Crippen molar-refractivity contribution in [2.75, 3.05) is 11.9 Å². The first kappa shape index (κ1) is 13.3. The zero-order chi connectivity index (χ0) is 13.3. The van der Waals surface area contributed by atoms with Gasteiger partial charge < -0.3 is 5.32 Å². The first-order valence-corrected chi connectivity index (χ1v) is 7.06. The van der Waals surface area contributed by atoms with Crippen molar-refractivity contribution >= 4 is 5.82 Å². The molecule has 0 aromatic carbocycles. The molecule has 0 amide bonds. The number of hydrogen-bond donors (Lipinski definition) is 1. The summed E-state index contributed by atoms with van der Waals surface area (Å²) in [6.07, 6.45) is 2.33. The monoisotopic (exact) mass is 247 g/mol. The molecule has 3 nitrogen and oxygen atoms in total. The molecule has 1 saturated carbocycles. The van der Waals surface area contributed by atoms with Gasteiger partial charge in [0.1, 0.15) is 11.6 Å². The van der Waals surface area contributed by atoms with Gasteiger partial charge in [-0.25, -0.2) is 9.97 Å². The lowest BCUT2D eigenvalue weighted by molar-refractivity contribution is 0.605. The molecule has 1 N–H and O–H groups in total. The topological polar surface area (TPSA) is 37.8 Å². The number of nitrogens with zero attached hydrogens (tertiary/aromatic N) is 2. The SMILES string of the molecule is CCCNc1cc(C(C)C)nc(C2CC2(C)C)n1. The highest BCUT2D eigenvalue weighted by molar-refractivity contribution is 5.38. The molecule has 1 atom stereocenters. The Kier molecular flexibility index (Phi) is 3.60. The Morgan fingerprint density at radius 3 is 2.56 bits per heavy atom. The van der Waals surface area contributed by atoms with Crippen LogP contribution in [0.2, 0.25) is 0 Å². The molecule has 1 aliphatic rings. The van der Waals surface area contributed by atoms with E-state index >= 15 is 0 Å². The van der Waals surface area contributed by atoms with E-state index < -0.39 is 0 Å². The number of hydrogen-bond acceptors (Lipinski definition) is 3. The lowest BCUT2D eigenvalue weighted by Gasteiger charge is -2.12. The molecule has 1 aliphatic carbocycles. The van der Waals surface area contributed by atoms with Gasteiger partial charge in [-0.05, 0) is 24.2 Å². The van der Waals surface area contributed by atoms with Gasteiger partial charge in [0.05, 0.1) is 0 Å². The van der Waals surface area contributed by atoms with Gasteiger partial charge in [0.2, 0.25) is 0 Å². The zero-order valence-corrected chi connectivity index (χ0v) is 12.2. The van der Waals surface area contributed by atoms with Gasteiger partial charge in [0, 0.05) is 24.2 Å². The Morgan fingerprint density at radius 2 is 2.06 bits per heavy atom. The lowest BCUT2D eigenvalue weighted by Crippen LogP contribution is -2.08. The van der Waals surface area contributed by atoms with Crippen molar-refractivity contribution < 1.29 is 0 Å². The lowest BCUT2D eigenvalue weighted by atomic mass is 10.1. The standard InChI is InChI=1S/C15H25N3/c1-6-7-16-13-8-12(10(2)3)17-14(18-13)11-9-15(11,4)5/h8,10-11H,6-7,9H2,1-5H3,(H,16,17,18).